The molecule has 1 amide bonds. The molecule has 0 aliphatic rings. The Morgan fingerprint density at radius 3 is 2.54 bits per heavy atom. The minimum atomic E-state index is -0.591. The van der Waals surface area contributed by atoms with Crippen LogP contribution in [0.25, 0.3) is 0 Å². The number of para-hydroxylation sites is 1. The molecule has 0 radical (unpaired) electrons. The van der Waals surface area contributed by atoms with Gasteiger partial charge >= 0.3 is 0 Å². The molecule has 0 heterocycles. The molecular weight excluding hydrogens is 324 g/mol. The van der Waals surface area contributed by atoms with Gasteiger partial charge in [-0.1, -0.05) is 41.9 Å². The van der Waals surface area contributed by atoms with Gasteiger partial charge in [-0.05, 0) is 23.8 Å². The van der Waals surface area contributed by atoms with Crippen LogP contribution in [0.5, 0.6) is 0 Å². The second-order valence-electron chi connectivity index (χ2n) is 4.75. The third-order valence-corrected chi connectivity index (χ3v) is 3.53. The number of nitrogens with zero attached hydrogens (tertiary/aromatic N) is 2. The highest BCUT2D eigenvalue weighted by atomic mass is 35.5. The molecule has 2 rings (SSSR count). The van der Waals surface area contributed by atoms with E-state index in [2.05, 4.69) is 10.6 Å². The molecule has 0 saturated carbocycles. The topological polar surface area (TPSA) is 88.7 Å². The van der Waals surface area contributed by atoms with Crippen LogP contribution < -0.4 is 10.6 Å². The van der Waals surface area contributed by atoms with Gasteiger partial charge in [0.25, 0.3) is 5.91 Å². The van der Waals surface area contributed by atoms with E-state index in [1.165, 1.54) is 6.20 Å². The van der Waals surface area contributed by atoms with Crippen molar-refractivity contribution in [3.05, 3.63) is 76.5 Å². The van der Waals surface area contributed by atoms with E-state index in [-0.39, 0.29) is 5.57 Å². The van der Waals surface area contributed by atoms with Gasteiger partial charge in [0.15, 0.2) is 0 Å². The molecule has 0 aliphatic carbocycles. The first-order chi connectivity index (χ1) is 11.7. The van der Waals surface area contributed by atoms with Crippen molar-refractivity contribution in [1.29, 1.82) is 10.5 Å². The summed E-state index contributed by atoms with van der Waals surface area (Å²) in [5.41, 5.74) is 1.43. The normalized spacial score (nSPS) is 10.4. The monoisotopic (exact) mass is 336 g/mol. The van der Waals surface area contributed by atoms with Crippen molar-refractivity contribution < 1.29 is 4.79 Å². The molecule has 118 valence electrons. The number of nitrogens with one attached hydrogen (secondary N) is 2. The van der Waals surface area contributed by atoms with Crippen LogP contribution in [0, 0.1) is 22.7 Å². The molecule has 24 heavy (non-hydrogen) atoms. The van der Waals surface area contributed by atoms with Crippen molar-refractivity contribution in [2.24, 2.45) is 0 Å². The Hall–Kier alpha value is -3.28. The van der Waals surface area contributed by atoms with Gasteiger partial charge in [-0.3, -0.25) is 4.79 Å². The van der Waals surface area contributed by atoms with Crippen LogP contribution >= 0.6 is 11.6 Å². The van der Waals surface area contributed by atoms with Crippen LogP contribution in [0.2, 0.25) is 5.02 Å². The number of amides is 1. The quantitative estimate of drug-likeness (QED) is 0.647. The van der Waals surface area contributed by atoms with Crippen molar-refractivity contribution in [3.8, 4) is 12.1 Å². The van der Waals surface area contributed by atoms with Gasteiger partial charge in [0.2, 0.25) is 0 Å². The number of benzene rings is 2. The van der Waals surface area contributed by atoms with Gasteiger partial charge in [-0.2, -0.15) is 10.5 Å². The zero-order valence-electron chi connectivity index (χ0n) is 12.6. The van der Waals surface area contributed by atoms with Crippen molar-refractivity contribution in [3.63, 3.8) is 0 Å². The molecule has 5 nitrogen and oxygen atoms in total. The number of anilines is 1. The predicted octanol–water partition coefficient (Wildman–Crippen LogP) is 3.35. The first-order valence-electron chi connectivity index (χ1n) is 7.03. The molecule has 2 N–H and O–H groups in total. The van der Waals surface area contributed by atoms with Crippen LogP contribution in [0.4, 0.5) is 5.69 Å². The zero-order valence-corrected chi connectivity index (χ0v) is 13.3. The molecule has 2 aromatic rings. The molecule has 0 aliphatic heterocycles. The molecule has 0 bridgehead atoms. The maximum Gasteiger partial charge on any atom is 0.267 e. The molecule has 0 fully saturated rings. The molecule has 0 aromatic heterocycles. The number of hydrogen-bond acceptors (Lipinski definition) is 4. The number of hydrogen-bond donors (Lipinski definition) is 2. The Morgan fingerprint density at radius 1 is 1.12 bits per heavy atom. The maximum absolute atomic E-state index is 12.1. The molecule has 0 spiro atoms. The lowest BCUT2D eigenvalue weighted by molar-refractivity contribution is -0.112. The summed E-state index contributed by atoms with van der Waals surface area (Å²) in [6.07, 6.45) is 1.33. The van der Waals surface area contributed by atoms with Gasteiger partial charge in [-0.25, -0.2) is 0 Å². The number of carbonyl (C=O) groups excluding carboxylic acids is 1. The van der Waals surface area contributed by atoms with Crippen molar-refractivity contribution >= 4 is 23.2 Å². The smallest absolute Gasteiger partial charge is 0.267 e. The first-order valence-corrected chi connectivity index (χ1v) is 7.41. The summed E-state index contributed by atoms with van der Waals surface area (Å²) in [5.74, 6) is -0.591. The Morgan fingerprint density at radius 2 is 1.83 bits per heavy atom. The van der Waals surface area contributed by atoms with Crippen LogP contribution in [0.15, 0.2) is 60.3 Å². The van der Waals surface area contributed by atoms with Crippen molar-refractivity contribution in [2.45, 2.75) is 6.54 Å². The van der Waals surface area contributed by atoms with Crippen LogP contribution in [-0.2, 0) is 11.3 Å². The van der Waals surface area contributed by atoms with Gasteiger partial charge in [0.1, 0.15) is 17.7 Å². The Balaban J connectivity index is 2.05. The summed E-state index contributed by atoms with van der Waals surface area (Å²) in [6.45, 7) is 0.382. The lowest BCUT2D eigenvalue weighted by Gasteiger charge is -2.07. The van der Waals surface area contributed by atoms with E-state index in [4.69, 9.17) is 22.1 Å². The van der Waals surface area contributed by atoms with Crippen molar-refractivity contribution in [1.82, 2.24) is 5.32 Å². The average molecular weight is 337 g/mol. The fourth-order valence-corrected chi connectivity index (χ4v) is 2.14. The summed E-state index contributed by atoms with van der Waals surface area (Å²) in [4.78, 5) is 12.1. The van der Waals surface area contributed by atoms with Gasteiger partial charge in [-0.15, -0.1) is 0 Å². The summed E-state index contributed by atoms with van der Waals surface area (Å²) in [5, 5.41) is 24.2. The lowest BCUT2D eigenvalue weighted by Crippen LogP contribution is -2.17. The number of halogens is 1. The molecule has 6 heteroatoms. The van der Waals surface area contributed by atoms with Crippen LogP contribution in [-0.4, -0.2) is 5.91 Å². The van der Waals surface area contributed by atoms with E-state index >= 15 is 0 Å². The summed E-state index contributed by atoms with van der Waals surface area (Å²) >= 11 is 6.04. The summed E-state index contributed by atoms with van der Waals surface area (Å²) < 4.78 is 0. The fourth-order valence-electron chi connectivity index (χ4n) is 1.93. The Bertz CT molecular complexity index is 862. The summed E-state index contributed by atoms with van der Waals surface area (Å²) in [6, 6.07) is 17.7. The largest absolute Gasteiger partial charge is 0.386 e. The predicted molar refractivity (Wildman–Crippen MR) is 91.8 cm³/mol. The van der Waals surface area contributed by atoms with Gasteiger partial charge in [0, 0.05) is 17.8 Å². The zero-order chi connectivity index (χ0) is 17.4. The fraction of sp³-hybridized carbons (Fsp3) is 0.0556. The highest BCUT2D eigenvalue weighted by Crippen LogP contribution is 2.15. The minimum absolute atomic E-state index is 0.102. The van der Waals surface area contributed by atoms with E-state index < -0.39 is 5.91 Å². The highest BCUT2D eigenvalue weighted by Gasteiger charge is 2.11. The third-order valence-electron chi connectivity index (χ3n) is 3.16. The third kappa shape index (κ3) is 4.36. The molecule has 0 atom stereocenters. The van der Waals surface area contributed by atoms with Gasteiger partial charge < -0.3 is 10.6 Å². The second-order valence-corrected chi connectivity index (χ2v) is 5.16. The standard InChI is InChI=1S/C18H13ClN4O/c19-16-7-3-1-6-14(16)11-22-12-15(10-21)18(24)23-17-8-4-2-5-13(17)9-20/h1-8,12,22H,11H2,(H,23,24)/b15-12-. The highest BCUT2D eigenvalue weighted by molar-refractivity contribution is 6.31. The van der Waals surface area contributed by atoms with E-state index in [9.17, 15) is 4.79 Å². The van der Waals surface area contributed by atoms with E-state index in [0.717, 1.165) is 5.56 Å². The Kier molecular flexibility index (Phi) is 5.96. The SMILES string of the molecule is N#C/C(=C/NCc1ccccc1Cl)C(=O)Nc1ccccc1C#N. The number of rotatable bonds is 5. The molecule has 2 aromatic carbocycles. The first kappa shape index (κ1) is 17.1. The van der Waals surface area contributed by atoms with E-state index in [1.807, 2.05) is 30.3 Å². The maximum atomic E-state index is 12.1. The molecule has 0 saturated heterocycles. The van der Waals surface area contributed by atoms with Crippen LogP contribution in [0.1, 0.15) is 11.1 Å². The van der Waals surface area contributed by atoms with E-state index in [0.29, 0.717) is 22.8 Å². The number of carbonyl (C=O) groups is 1. The number of nitriles is 2. The molecular formula is C18H13ClN4O. The summed E-state index contributed by atoms with van der Waals surface area (Å²) in [7, 11) is 0. The lowest BCUT2D eigenvalue weighted by atomic mass is 10.2. The van der Waals surface area contributed by atoms with Gasteiger partial charge in [0.05, 0.1) is 11.3 Å². The average Bonchev–Trinajstić information content (AvgIpc) is 2.60. The van der Waals surface area contributed by atoms with Crippen LogP contribution in [0.3, 0.4) is 0 Å². The molecule has 0 unspecified atom stereocenters. The minimum Gasteiger partial charge on any atom is -0.386 e. The Labute approximate surface area is 144 Å². The van der Waals surface area contributed by atoms with Crippen molar-refractivity contribution in [2.75, 3.05) is 5.32 Å². The van der Waals surface area contributed by atoms with E-state index in [1.54, 1.807) is 30.3 Å². The second kappa shape index (κ2) is 8.38.